The van der Waals surface area contributed by atoms with Crippen molar-refractivity contribution in [1.82, 2.24) is 14.7 Å². The Labute approximate surface area is 127 Å². The van der Waals surface area contributed by atoms with E-state index < -0.39 is 0 Å². The smallest absolute Gasteiger partial charge is 0.248 e. The third-order valence-corrected chi connectivity index (χ3v) is 4.51. The maximum Gasteiger partial charge on any atom is 0.248 e. The van der Waals surface area contributed by atoms with E-state index in [1.165, 1.54) is 13.5 Å². The van der Waals surface area contributed by atoms with E-state index in [1.54, 1.807) is 0 Å². The number of ether oxygens (including phenoxy) is 1. The van der Waals surface area contributed by atoms with E-state index in [-0.39, 0.29) is 24.5 Å². The van der Waals surface area contributed by atoms with Crippen molar-refractivity contribution in [2.24, 2.45) is 0 Å². The zero-order chi connectivity index (χ0) is 15.2. The van der Waals surface area contributed by atoms with Crippen molar-refractivity contribution in [2.45, 2.75) is 32.2 Å². The molecule has 0 aromatic carbocycles. The van der Waals surface area contributed by atoms with Gasteiger partial charge in [-0.15, -0.1) is 0 Å². The van der Waals surface area contributed by atoms with Gasteiger partial charge in [0.2, 0.25) is 11.8 Å². The first kappa shape index (κ1) is 16.2. The lowest BCUT2D eigenvalue weighted by Crippen LogP contribution is -2.56. The third-order valence-electron chi connectivity index (χ3n) is 4.51. The number of methoxy groups -OCH3 is 1. The van der Waals surface area contributed by atoms with Crippen LogP contribution in [0.4, 0.5) is 0 Å². The highest BCUT2D eigenvalue weighted by molar-refractivity contribution is 5.81. The Morgan fingerprint density at radius 3 is 2.14 bits per heavy atom. The molecule has 6 heteroatoms. The molecule has 2 saturated heterocycles. The maximum absolute atomic E-state index is 12.5. The number of amides is 2. The molecule has 0 aliphatic carbocycles. The summed E-state index contributed by atoms with van der Waals surface area (Å²) in [5.74, 6) is 0.276. The van der Waals surface area contributed by atoms with Gasteiger partial charge in [-0.25, -0.2) is 0 Å². The molecule has 0 radical (unpaired) electrons. The molecular formula is C15H27N3O3. The van der Waals surface area contributed by atoms with Gasteiger partial charge in [0.1, 0.15) is 6.61 Å². The molecule has 2 fully saturated rings. The number of piperazine rings is 1. The van der Waals surface area contributed by atoms with E-state index in [2.05, 4.69) is 4.90 Å². The Kier molecular flexibility index (Phi) is 5.99. The monoisotopic (exact) mass is 297 g/mol. The number of rotatable bonds is 4. The second-order valence-electron chi connectivity index (χ2n) is 5.91. The van der Waals surface area contributed by atoms with E-state index in [0.29, 0.717) is 13.1 Å². The summed E-state index contributed by atoms with van der Waals surface area (Å²) in [7, 11) is 1.54. The Balaban J connectivity index is 1.80. The van der Waals surface area contributed by atoms with Crippen LogP contribution < -0.4 is 0 Å². The van der Waals surface area contributed by atoms with Gasteiger partial charge in [-0.05, 0) is 26.2 Å². The van der Waals surface area contributed by atoms with Crippen LogP contribution in [-0.4, -0.2) is 85.5 Å². The molecule has 21 heavy (non-hydrogen) atoms. The van der Waals surface area contributed by atoms with Crippen LogP contribution in [0, 0.1) is 0 Å². The lowest BCUT2D eigenvalue weighted by molar-refractivity contribution is -0.140. The Morgan fingerprint density at radius 2 is 1.57 bits per heavy atom. The van der Waals surface area contributed by atoms with Crippen LogP contribution in [0.1, 0.15) is 26.2 Å². The first-order valence-corrected chi connectivity index (χ1v) is 7.93. The van der Waals surface area contributed by atoms with Crippen molar-refractivity contribution < 1.29 is 14.3 Å². The van der Waals surface area contributed by atoms with Crippen molar-refractivity contribution in [2.75, 3.05) is 53.0 Å². The van der Waals surface area contributed by atoms with Gasteiger partial charge in [-0.1, -0.05) is 0 Å². The van der Waals surface area contributed by atoms with Crippen molar-refractivity contribution in [1.29, 1.82) is 0 Å². The molecule has 0 spiro atoms. The van der Waals surface area contributed by atoms with Gasteiger partial charge in [0.25, 0.3) is 0 Å². The minimum absolute atomic E-state index is 0.0344. The molecule has 1 unspecified atom stereocenters. The Bertz CT molecular complexity index is 361. The van der Waals surface area contributed by atoms with E-state index in [4.69, 9.17) is 4.74 Å². The number of carbonyl (C=O) groups excluding carboxylic acids is 2. The number of likely N-dealkylation sites (tertiary alicyclic amines) is 1. The fourth-order valence-corrected chi connectivity index (χ4v) is 3.11. The summed E-state index contributed by atoms with van der Waals surface area (Å²) >= 11 is 0. The third kappa shape index (κ3) is 4.17. The first-order chi connectivity index (χ1) is 10.1. The molecule has 1 atom stereocenters. The number of carbonyl (C=O) groups is 2. The van der Waals surface area contributed by atoms with Gasteiger partial charge in [-0.2, -0.15) is 0 Å². The molecule has 2 heterocycles. The molecule has 0 aromatic heterocycles. The topological polar surface area (TPSA) is 53.1 Å². The SMILES string of the molecule is COCC(=O)N1CCN(C(C)C(=O)N2CCCCC2)CC1. The minimum atomic E-state index is -0.0808. The number of nitrogens with zero attached hydrogens (tertiary/aromatic N) is 3. The molecule has 0 aromatic rings. The van der Waals surface area contributed by atoms with Crippen molar-refractivity contribution in [3.63, 3.8) is 0 Å². The predicted molar refractivity (Wildman–Crippen MR) is 79.9 cm³/mol. The number of hydrogen-bond acceptors (Lipinski definition) is 4. The summed E-state index contributed by atoms with van der Waals surface area (Å²) in [5, 5.41) is 0. The van der Waals surface area contributed by atoms with Crippen molar-refractivity contribution >= 4 is 11.8 Å². The van der Waals surface area contributed by atoms with E-state index in [1.807, 2.05) is 16.7 Å². The van der Waals surface area contributed by atoms with Gasteiger partial charge in [0.05, 0.1) is 6.04 Å². The molecular weight excluding hydrogens is 270 g/mol. The summed E-state index contributed by atoms with van der Waals surface area (Å²) in [6, 6.07) is -0.0808. The van der Waals surface area contributed by atoms with Crippen LogP contribution in [0.15, 0.2) is 0 Å². The highest BCUT2D eigenvalue weighted by Crippen LogP contribution is 2.14. The lowest BCUT2D eigenvalue weighted by Gasteiger charge is -2.39. The fourth-order valence-electron chi connectivity index (χ4n) is 3.11. The van der Waals surface area contributed by atoms with Crippen LogP contribution in [0.5, 0.6) is 0 Å². The standard InChI is InChI=1S/C15H27N3O3/c1-13(15(20)18-6-4-3-5-7-18)16-8-10-17(11-9-16)14(19)12-21-2/h13H,3-12H2,1-2H3. The summed E-state index contributed by atoms with van der Waals surface area (Å²) in [5.41, 5.74) is 0. The van der Waals surface area contributed by atoms with Gasteiger partial charge < -0.3 is 14.5 Å². The Morgan fingerprint density at radius 1 is 0.952 bits per heavy atom. The second-order valence-corrected chi connectivity index (χ2v) is 5.91. The zero-order valence-electron chi connectivity index (χ0n) is 13.2. The molecule has 0 saturated carbocycles. The van der Waals surface area contributed by atoms with Crippen LogP contribution in [0.3, 0.4) is 0 Å². The molecule has 2 amide bonds. The van der Waals surface area contributed by atoms with E-state index in [0.717, 1.165) is 39.0 Å². The molecule has 0 N–H and O–H groups in total. The minimum Gasteiger partial charge on any atom is -0.375 e. The van der Waals surface area contributed by atoms with Crippen LogP contribution in [-0.2, 0) is 14.3 Å². The summed E-state index contributed by atoms with van der Waals surface area (Å²) in [6.45, 7) is 6.81. The summed E-state index contributed by atoms with van der Waals surface area (Å²) < 4.78 is 4.88. The van der Waals surface area contributed by atoms with Crippen LogP contribution >= 0.6 is 0 Å². The quantitative estimate of drug-likeness (QED) is 0.743. The number of piperidine rings is 1. The first-order valence-electron chi connectivity index (χ1n) is 7.93. The molecule has 2 rings (SSSR count). The fraction of sp³-hybridized carbons (Fsp3) is 0.867. The average Bonchev–Trinajstić information content (AvgIpc) is 2.54. The average molecular weight is 297 g/mol. The maximum atomic E-state index is 12.5. The highest BCUT2D eigenvalue weighted by Gasteiger charge is 2.30. The van der Waals surface area contributed by atoms with Crippen molar-refractivity contribution in [3.05, 3.63) is 0 Å². The molecule has 120 valence electrons. The predicted octanol–water partition coefficient (Wildman–Crippen LogP) is 0.178. The van der Waals surface area contributed by atoms with Crippen LogP contribution in [0.2, 0.25) is 0 Å². The Hall–Kier alpha value is -1.14. The van der Waals surface area contributed by atoms with Gasteiger partial charge in [0.15, 0.2) is 0 Å². The second kappa shape index (κ2) is 7.75. The van der Waals surface area contributed by atoms with Gasteiger partial charge in [-0.3, -0.25) is 14.5 Å². The van der Waals surface area contributed by atoms with Gasteiger partial charge in [0, 0.05) is 46.4 Å². The zero-order valence-corrected chi connectivity index (χ0v) is 13.2. The molecule has 2 aliphatic heterocycles. The molecule has 0 bridgehead atoms. The summed E-state index contributed by atoms with van der Waals surface area (Å²) in [4.78, 5) is 30.3. The van der Waals surface area contributed by atoms with E-state index >= 15 is 0 Å². The highest BCUT2D eigenvalue weighted by atomic mass is 16.5. The number of hydrogen-bond donors (Lipinski definition) is 0. The molecule has 6 nitrogen and oxygen atoms in total. The van der Waals surface area contributed by atoms with E-state index in [9.17, 15) is 9.59 Å². The molecule has 2 aliphatic rings. The van der Waals surface area contributed by atoms with Crippen LogP contribution in [0.25, 0.3) is 0 Å². The normalized spacial score (nSPS) is 22.2. The van der Waals surface area contributed by atoms with Gasteiger partial charge >= 0.3 is 0 Å². The van der Waals surface area contributed by atoms with Crippen molar-refractivity contribution in [3.8, 4) is 0 Å². The summed E-state index contributed by atoms with van der Waals surface area (Å²) in [6.07, 6.45) is 3.48. The lowest BCUT2D eigenvalue weighted by atomic mass is 10.1. The largest absolute Gasteiger partial charge is 0.375 e.